The molecule has 5 nitrogen and oxygen atoms in total. The van der Waals surface area contributed by atoms with Crippen LogP contribution in [0.25, 0.3) is 0 Å². The van der Waals surface area contributed by atoms with Gasteiger partial charge in [-0.15, -0.1) is 12.4 Å². The largest absolute Gasteiger partial charge is 0.350 e. The molecular weight excluding hydrogens is 307 g/mol. The highest BCUT2D eigenvalue weighted by molar-refractivity contribution is 5.94. The number of aromatic amines is 1. The SMILES string of the molecule is Cl.O=C(NCCc1ccc(F)cc1)c1n[nH]c2c1CNCC2. The number of nitrogens with one attached hydrogen (secondary N) is 3. The van der Waals surface area contributed by atoms with E-state index in [0.717, 1.165) is 29.8 Å². The van der Waals surface area contributed by atoms with Crippen molar-refractivity contribution in [1.29, 1.82) is 0 Å². The molecule has 7 heteroatoms. The van der Waals surface area contributed by atoms with Crippen molar-refractivity contribution in [2.75, 3.05) is 13.1 Å². The molecular formula is C15H18ClFN4O. The van der Waals surface area contributed by atoms with Crippen molar-refractivity contribution in [3.8, 4) is 0 Å². The average molecular weight is 325 g/mol. The summed E-state index contributed by atoms with van der Waals surface area (Å²) in [6.07, 6.45) is 1.53. The summed E-state index contributed by atoms with van der Waals surface area (Å²) in [6.45, 7) is 2.08. The topological polar surface area (TPSA) is 69.8 Å². The first-order valence-electron chi connectivity index (χ1n) is 7.03. The Hall–Kier alpha value is -1.92. The van der Waals surface area contributed by atoms with Gasteiger partial charge in [0.25, 0.3) is 5.91 Å². The summed E-state index contributed by atoms with van der Waals surface area (Å²) >= 11 is 0. The van der Waals surface area contributed by atoms with Crippen LogP contribution in [-0.2, 0) is 19.4 Å². The Labute approximate surface area is 134 Å². The fourth-order valence-corrected chi connectivity index (χ4v) is 2.47. The molecule has 0 atom stereocenters. The molecule has 2 aromatic rings. The number of hydrogen-bond acceptors (Lipinski definition) is 3. The molecule has 22 heavy (non-hydrogen) atoms. The minimum atomic E-state index is -0.251. The molecule has 0 radical (unpaired) electrons. The fraction of sp³-hybridized carbons (Fsp3) is 0.333. The smallest absolute Gasteiger partial charge is 0.272 e. The highest BCUT2D eigenvalue weighted by atomic mass is 35.5. The lowest BCUT2D eigenvalue weighted by Crippen LogP contribution is -2.29. The van der Waals surface area contributed by atoms with Gasteiger partial charge in [-0.25, -0.2) is 4.39 Å². The molecule has 2 heterocycles. The minimum Gasteiger partial charge on any atom is -0.350 e. The first kappa shape index (κ1) is 16.5. The van der Waals surface area contributed by atoms with Gasteiger partial charge in [-0.1, -0.05) is 12.1 Å². The van der Waals surface area contributed by atoms with Gasteiger partial charge in [0, 0.05) is 37.3 Å². The normalized spacial score (nSPS) is 13.1. The van der Waals surface area contributed by atoms with Crippen molar-refractivity contribution in [1.82, 2.24) is 20.8 Å². The van der Waals surface area contributed by atoms with Gasteiger partial charge in [0.2, 0.25) is 0 Å². The maximum absolute atomic E-state index is 12.8. The van der Waals surface area contributed by atoms with E-state index >= 15 is 0 Å². The van der Waals surface area contributed by atoms with E-state index in [1.165, 1.54) is 12.1 Å². The van der Waals surface area contributed by atoms with E-state index in [1.54, 1.807) is 12.1 Å². The number of benzene rings is 1. The first-order valence-corrected chi connectivity index (χ1v) is 7.03. The highest BCUT2D eigenvalue weighted by Gasteiger charge is 2.20. The van der Waals surface area contributed by atoms with Gasteiger partial charge in [-0.05, 0) is 24.1 Å². The van der Waals surface area contributed by atoms with E-state index in [1.807, 2.05) is 0 Å². The Bertz CT molecular complexity index is 641. The Morgan fingerprint density at radius 1 is 1.32 bits per heavy atom. The van der Waals surface area contributed by atoms with Crippen LogP contribution in [0.15, 0.2) is 24.3 Å². The third kappa shape index (κ3) is 3.64. The summed E-state index contributed by atoms with van der Waals surface area (Å²) in [4.78, 5) is 12.1. The molecule has 118 valence electrons. The van der Waals surface area contributed by atoms with Crippen LogP contribution in [-0.4, -0.2) is 29.2 Å². The van der Waals surface area contributed by atoms with Crippen LogP contribution in [0.4, 0.5) is 4.39 Å². The summed E-state index contributed by atoms with van der Waals surface area (Å²) in [5, 5.41) is 13.1. The maximum Gasteiger partial charge on any atom is 0.272 e. The third-order valence-electron chi connectivity index (χ3n) is 3.63. The van der Waals surface area contributed by atoms with Gasteiger partial charge in [0.15, 0.2) is 5.69 Å². The van der Waals surface area contributed by atoms with E-state index in [9.17, 15) is 9.18 Å². The van der Waals surface area contributed by atoms with Crippen molar-refractivity contribution >= 4 is 18.3 Å². The standard InChI is InChI=1S/C15H17FN4O.ClH/c16-11-3-1-10(2-4-11)5-8-18-15(21)14-12-9-17-7-6-13(12)19-20-14;/h1-4,17H,5-9H2,(H,18,21)(H,19,20);1H. The van der Waals surface area contributed by atoms with Crippen LogP contribution in [0.5, 0.6) is 0 Å². The minimum absolute atomic E-state index is 0. The Kier molecular flexibility index (Phi) is 5.51. The molecule has 0 saturated carbocycles. The second-order valence-electron chi connectivity index (χ2n) is 5.09. The van der Waals surface area contributed by atoms with Crippen molar-refractivity contribution in [3.63, 3.8) is 0 Å². The van der Waals surface area contributed by atoms with E-state index in [-0.39, 0.29) is 24.1 Å². The summed E-state index contributed by atoms with van der Waals surface area (Å²) in [6, 6.07) is 6.30. The molecule has 1 aliphatic heterocycles. The van der Waals surface area contributed by atoms with Gasteiger partial charge >= 0.3 is 0 Å². The van der Waals surface area contributed by atoms with E-state index < -0.39 is 0 Å². The van der Waals surface area contributed by atoms with Gasteiger partial charge < -0.3 is 10.6 Å². The number of H-pyrrole nitrogens is 1. The molecule has 1 aromatic carbocycles. The van der Waals surface area contributed by atoms with E-state index in [0.29, 0.717) is 25.2 Å². The number of rotatable bonds is 4. The van der Waals surface area contributed by atoms with Crippen LogP contribution in [0.1, 0.15) is 27.3 Å². The number of halogens is 2. The zero-order valence-electron chi connectivity index (χ0n) is 12.0. The van der Waals surface area contributed by atoms with Gasteiger partial charge in [-0.3, -0.25) is 9.89 Å². The van der Waals surface area contributed by atoms with Gasteiger partial charge in [-0.2, -0.15) is 5.10 Å². The van der Waals surface area contributed by atoms with Crippen LogP contribution < -0.4 is 10.6 Å². The molecule has 0 bridgehead atoms. The number of carbonyl (C=O) groups is 1. The number of nitrogens with zero attached hydrogens (tertiary/aromatic N) is 1. The molecule has 0 unspecified atom stereocenters. The Morgan fingerprint density at radius 2 is 2.09 bits per heavy atom. The average Bonchev–Trinajstić information content (AvgIpc) is 2.93. The molecule has 0 saturated heterocycles. The summed E-state index contributed by atoms with van der Waals surface area (Å²) in [5.74, 6) is -0.420. The van der Waals surface area contributed by atoms with Crippen molar-refractivity contribution in [2.45, 2.75) is 19.4 Å². The number of amides is 1. The Balaban J connectivity index is 0.00000176. The van der Waals surface area contributed by atoms with Crippen LogP contribution in [0.2, 0.25) is 0 Å². The number of fused-ring (bicyclic) bond motifs is 1. The number of carbonyl (C=O) groups excluding carboxylic acids is 1. The summed E-state index contributed by atoms with van der Waals surface area (Å²) in [5.41, 5.74) is 3.46. The number of hydrogen-bond donors (Lipinski definition) is 3. The Morgan fingerprint density at radius 3 is 2.86 bits per heavy atom. The predicted molar refractivity (Wildman–Crippen MR) is 83.7 cm³/mol. The highest BCUT2D eigenvalue weighted by Crippen LogP contribution is 2.15. The van der Waals surface area contributed by atoms with Crippen molar-refractivity contribution < 1.29 is 9.18 Å². The zero-order chi connectivity index (χ0) is 14.7. The molecule has 1 aliphatic rings. The third-order valence-corrected chi connectivity index (χ3v) is 3.63. The van der Waals surface area contributed by atoms with Crippen molar-refractivity contribution in [3.05, 3.63) is 52.6 Å². The van der Waals surface area contributed by atoms with Gasteiger partial charge in [0.1, 0.15) is 5.82 Å². The quantitative estimate of drug-likeness (QED) is 0.800. The van der Waals surface area contributed by atoms with E-state index in [2.05, 4.69) is 20.8 Å². The molecule has 1 aromatic heterocycles. The fourth-order valence-electron chi connectivity index (χ4n) is 2.47. The van der Waals surface area contributed by atoms with Crippen LogP contribution in [0.3, 0.4) is 0 Å². The summed E-state index contributed by atoms with van der Waals surface area (Å²) in [7, 11) is 0. The van der Waals surface area contributed by atoms with E-state index in [4.69, 9.17) is 0 Å². The van der Waals surface area contributed by atoms with Gasteiger partial charge in [0.05, 0.1) is 0 Å². The summed E-state index contributed by atoms with van der Waals surface area (Å²) < 4.78 is 12.8. The monoisotopic (exact) mass is 324 g/mol. The number of aromatic nitrogens is 2. The zero-order valence-corrected chi connectivity index (χ0v) is 12.8. The molecule has 3 rings (SSSR count). The molecule has 0 aliphatic carbocycles. The lowest BCUT2D eigenvalue weighted by Gasteiger charge is -2.12. The van der Waals surface area contributed by atoms with Crippen LogP contribution >= 0.6 is 12.4 Å². The molecule has 3 N–H and O–H groups in total. The molecule has 0 spiro atoms. The molecule has 0 fully saturated rings. The maximum atomic E-state index is 12.8. The van der Waals surface area contributed by atoms with Crippen molar-refractivity contribution in [2.24, 2.45) is 0 Å². The first-order chi connectivity index (χ1) is 10.2. The second-order valence-corrected chi connectivity index (χ2v) is 5.09. The molecule has 1 amide bonds. The lowest BCUT2D eigenvalue weighted by molar-refractivity contribution is 0.0948. The lowest BCUT2D eigenvalue weighted by atomic mass is 10.1. The van der Waals surface area contributed by atoms with Crippen LogP contribution in [0, 0.1) is 5.82 Å². The second kappa shape index (κ2) is 7.38. The predicted octanol–water partition coefficient (Wildman–Crippen LogP) is 1.59.